The topological polar surface area (TPSA) is 50.4 Å². The van der Waals surface area contributed by atoms with Gasteiger partial charge in [0, 0.05) is 16.3 Å². The Morgan fingerprint density at radius 3 is 2.07 bits per heavy atom. The Hall–Kier alpha value is -2.56. The van der Waals surface area contributed by atoms with Crippen LogP contribution in [0.2, 0.25) is 0 Å². The van der Waals surface area contributed by atoms with E-state index in [0.29, 0.717) is 0 Å². The van der Waals surface area contributed by atoms with Crippen LogP contribution in [0.4, 0.5) is 42.5 Å². The predicted octanol–water partition coefficient (Wildman–Crippen LogP) is 6.36. The molecule has 0 heterocycles. The molecule has 11 heteroatoms. The summed E-state index contributed by atoms with van der Waals surface area (Å²) in [5.74, 6) is -0.362. The molecule has 2 aromatic rings. The van der Waals surface area contributed by atoms with Crippen molar-refractivity contribution >= 4 is 29.2 Å². The van der Waals surface area contributed by atoms with Gasteiger partial charge in [-0.2, -0.15) is 26.3 Å². The number of nitrogens with one attached hydrogen (secondary N) is 2. The third kappa shape index (κ3) is 6.55. The normalized spacial score (nSPS) is 11.8. The minimum atomic E-state index is -4.68. The molecular formula is C17H14F6N2O2S. The van der Waals surface area contributed by atoms with Crippen LogP contribution in [0.3, 0.4) is 0 Å². The molecule has 2 N–H and O–H groups in total. The minimum absolute atomic E-state index is 0.0406. The number of rotatable bonds is 5. The Labute approximate surface area is 160 Å². The van der Waals surface area contributed by atoms with Gasteiger partial charge in [0.25, 0.3) is 0 Å². The van der Waals surface area contributed by atoms with Gasteiger partial charge >= 0.3 is 17.7 Å². The highest BCUT2D eigenvalue weighted by atomic mass is 32.2. The number of urea groups is 1. The molecule has 0 unspecified atom stereocenters. The first kappa shape index (κ1) is 21.7. The minimum Gasteiger partial charge on any atom is -0.493 e. The van der Waals surface area contributed by atoms with Gasteiger partial charge < -0.3 is 15.4 Å². The monoisotopic (exact) mass is 424 g/mol. The summed E-state index contributed by atoms with van der Waals surface area (Å²) in [7, 11) is 0. The van der Waals surface area contributed by atoms with E-state index in [1.165, 1.54) is 25.1 Å². The van der Waals surface area contributed by atoms with Crippen molar-refractivity contribution in [2.45, 2.75) is 23.5 Å². The zero-order valence-electron chi connectivity index (χ0n) is 14.2. The van der Waals surface area contributed by atoms with Gasteiger partial charge in [-0.3, -0.25) is 0 Å². The lowest BCUT2D eigenvalue weighted by Gasteiger charge is -2.15. The standard InChI is InChI=1S/C17H14F6N2O2S/c1-2-27-14-8-5-11(9-13(14)16(18,19)20)25-15(26)24-10-3-6-12(7-4-10)28-17(21,22)23/h3-9H,2H2,1H3,(H2,24,25,26). The van der Waals surface area contributed by atoms with Crippen LogP contribution in [0.15, 0.2) is 47.4 Å². The van der Waals surface area contributed by atoms with Crippen molar-refractivity contribution in [1.29, 1.82) is 0 Å². The summed E-state index contributed by atoms with van der Waals surface area (Å²) < 4.78 is 81.1. The molecule has 0 spiro atoms. The first-order valence-corrected chi connectivity index (χ1v) is 8.57. The van der Waals surface area contributed by atoms with E-state index < -0.39 is 23.3 Å². The van der Waals surface area contributed by atoms with Crippen LogP contribution in [-0.2, 0) is 6.18 Å². The molecule has 0 aliphatic heterocycles. The lowest BCUT2D eigenvalue weighted by molar-refractivity contribution is -0.138. The number of carbonyl (C=O) groups is 1. The van der Waals surface area contributed by atoms with E-state index in [9.17, 15) is 31.1 Å². The fourth-order valence-corrected chi connectivity index (χ4v) is 2.68. The van der Waals surface area contributed by atoms with Gasteiger partial charge in [-0.1, -0.05) is 0 Å². The third-order valence-corrected chi connectivity index (χ3v) is 3.93. The van der Waals surface area contributed by atoms with Crippen LogP contribution in [0.1, 0.15) is 12.5 Å². The lowest BCUT2D eigenvalue weighted by Crippen LogP contribution is -2.20. The van der Waals surface area contributed by atoms with Crippen molar-refractivity contribution in [1.82, 2.24) is 0 Å². The van der Waals surface area contributed by atoms with Crippen LogP contribution in [0.5, 0.6) is 5.75 Å². The molecule has 0 radical (unpaired) electrons. The average Bonchev–Trinajstić information content (AvgIpc) is 2.56. The van der Waals surface area contributed by atoms with Crippen molar-refractivity contribution in [2.24, 2.45) is 0 Å². The highest BCUT2D eigenvalue weighted by Crippen LogP contribution is 2.38. The summed E-state index contributed by atoms with van der Waals surface area (Å²) in [6, 6.07) is 7.01. The van der Waals surface area contributed by atoms with E-state index in [1.807, 2.05) is 0 Å². The number of hydrogen-bond acceptors (Lipinski definition) is 3. The molecule has 28 heavy (non-hydrogen) atoms. The maximum atomic E-state index is 13.1. The molecule has 152 valence electrons. The van der Waals surface area contributed by atoms with Crippen molar-refractivity contribution in [3.8, 4) is 5.75 Å². The molecule has 2 rings (SSSR count). The molecule has 0 atom stereocenters. The van der Waals surface area contributed by atoms with Gasteiger partial charge in [-0.25, -0.2) is 4.79 Å². The van der Waals surface area contributed by atoms with Gasteiger partial charge in [0.05, 0.1) is 12.2 Å². The summed E-state index contributed by atoms with van der Waals surface area (Å²) in [4.78, 5) is 11.9. The first-order valence-electron chi connectivity index (χ1n) is 7.76. The average molecular weight is 424 g/mol. The second-order valence-electron chi connectivity index (χ2n) is 5.29. The number of ether oxygens (including phenoxy) is 1. The number of benzene rings is 2. The Morgan fingerprint density at radius 1 is 0.964 bits per heavy atom. The van der Waals surface area contributed by atoms with Gasteiger partial charge in [0.15, 0.2) is 0 Å². The number of alkyl halides is 6. The summed E-state index contributed by atoms with van der Waals surface area (Å²) in [5.41, 5.74) is -5.43. The zero-order chi connectivity index (χ0) is 20.9. The zero-order valence-corrected chi connectivity index (χ0v) is 15.1. The number of hydrogen-bond donors (Lipinski definition) is 2. The van der Waals surface area contributed by atoms with Crippen molar-refractivity contribution in [2.75, 3.05) is 17.2 Å². The van der Waals surface area contributed by atoms with Gasteiger partial charge in [-0.05, 0) is 61.2 Å². The molecule has 0 fully saturated rings. The smallest absolute Gasteiger partial charge is 0.446 e. The molecule has 4 nitrogen and oxygen atoms in total. The van der Waals surface area contributed by atoms with Crippen LogP contribution >= 0.6 is 11.8 Å². The summed E-state index contributed by atoms with van der Waals surface area (Å²) in [5, 5.41) is 4.56. The second-order valence-corrected chi connectivity index (χ2v) is 6.43. The maximum absolute atomic E-state index is 13.1. The summed E-state index contributed by atoms with van der Waals surface area (Å²) in [6.07, 6.45) is -4.68. The lowest BCUT2D eigenvalue weighted by atomic mass is 10.1. The van der Waals surface area contributed by atoms with Crippen molar-refractivity contribution in [3.05, 3.63) is 48.0 Å². The van der Waals surface area contributed by atoms with E-state index in [1.54, 1.807) is 0 Å². The number of anilines is 2. The van der Waals surface area contributed by atoms with Crippen molar-refractivity contribution < 1.29 is 35.9 Å². The molecule has 2 amide bonds. The third-order valence-electron chi connectivity index (χ3n) is 3.19. The molecule has 0 aliphatic carbocycles. The Morgan fingerprint density at radius 2 is 1.54 bits per heavy atom. The highest BCUT2D eigenvalue weighted by molar-refractivity contribution is 8.00. The fraction of sp³-hybridized carbons (Fsp3) is 0.235. The number of amides is 2. The molecule has 0 saturated carbocycles. The maximum Gasteiger partial charge on any atom is 0.446 e. The molecule has 0 saturated heterocycles. The molecular weight excluding hydrogens is 410 g/mol. The summed E-state index contributed by atoms with van der Waals surface area (Å²) in [6.45, 7) is 1.58. The molecule has 0 bridgehead atoms. The van der Waals surface area contributed by atoms with Gasteiger partial charge in [0.1, 0.15) is 5.75 Å². The van der Waals surface area contributed by atoms with Crippen LogP contribution in [-0.4, -0.2) is 18.1 Å². The number of carbonyl (C=O) groups excluding carboxylic acids is 1. The van der Waals surface area contributed by atoms with Crippen LogP contribution in [0, 0.1) is 0 Å². The van der Waals surface area contributed by atoms with Crippen LogP contribution in [0.25, 0.3) is 0 Å². The van der Waals surface area contributed by atoms with Crippen molar-refractivity contribution in [3.63, 3.8) is 0 Å². The largest absolute Gasteiger partial charge is 0.493 e. The van der Waals surface area contributed by atoms with E-state index in [4.69, 9.17) is 4.74 Å². The van der Waals surface area contributed by atoms with E-state index in [2.05, 4.69) is 10.6 Å². The first-order chi connectivity index (χ1) is 13.0. The fourth-order valence-electron chi connectivity index (χ4n) is 2.14. The molecule has 0 aliphatic rings. The number of halogens is 6. The van der Waals surface area contributed by atoms with E-state index in [0.717, 1.165) is 24.3 Å². The number of thioether (sulfide) groups is 1. The van der Waals surface area contributed by atoms with Crippen LogP contribution < -0.4 is 15.4 Å². The Bertz CT molecular complexity index is 822. The second kappa shape index (κ2) is 8.63. The Kier molecular flexibility index (Phi) is 6.70. The van der Waals surface area contributed by atoms with E-state index in [-0.39, 0.29) is 40.4 Å². The SMILES string of the molecule is CCOc1ccc(NC(=O)Nc2ccc(SC(F)(F)F)cc2)cc1C(F)(F)F. The van der Waals surface area contributed by atoms with Gasteiger partial charge in [0.2, 0.25) is 0 Å². The molecule has 0 aromatic heterocycles. The molecule has 2 aromatic carbocycles. The summed E-state index contributed by atoms with van der Waals surface area (Å²) >= 11 is -0.307. The quantitative estimate of drug-likeness (QED) is 0.434. The predicted molar refractivity (Wildman–Crippen MR) is 93.6 cm³/mol. The van der Waals surface area contributed by atoms with Gasteiger partial charge in [-0.15, -0.1) is 0 Å². The Balaban J connectivity index is 2.06. The highest BCUT2D eigenvalue weighted by Gasteiger charge is 2.35. The van der Waals surface area contributed by atoms with E-state index >= 15 is 0 Å².